The second-order valence-corrected chi connectivity index (χ2v) is 7.62. The number of aromatic nitrogens is 2. The van der Waals surface area contributed by atoms with Crippen LogP contribution in [0.3, 0.4) is 0 Å². The van der Waals surface area contributed by atoms with Crippen LogP contribution in [0.15, 0.2) is 42.5 Å². The van der Waals surface area contributed by atoms with Crippen molar-refractivity contribution in [1.29, 1.82) is 0 Å². The van der Waals surface area contributed by atoms with Crippen LogP contribution in [0.2, 0.25) is 5.02 Å². The molecular weight excluding hydrogens is 376 g/mol. The van der Waals surface area contributed by atoms with E-state index in [2.05, 4.69) is 4.90 Å². The van der Waals surface area contributed by atoms with E-state index in [1.807, 2.05) is 43.4 Å². The van der Waals surface area contributed by atoms with E-state index in [1.54, 1.807) is 11.0 Å². The van der Waals surface area contributed by atoms with Crippen LogP contribution in [-0.2, 0) is 11.2 Å². The van der Waals surface area contributed by atoms with Crippen LogP contribution in [0, 0.1) is 0 Å². The molecule has 6 nitrogen and oxygen atoms in total. The lowest BCUT2D eigenvalue weighted by molar-refractivity contribution is -0.124. The number of para-hydroxylation sites is 2. The van der Waals surface area contributed by atoms with Crippen molar-refractivity contribution in [3.05, 3.63) is 53.1 Å². The maximum atomic E-state index is 13.4. The Bertz CT molecular complexity index is 1090. The number of benzene rings is 2. The third kappa shape index (κ3) is 2.85. The minimum Gasteiger partial charge on any atom is -0.480 e. The molecule has 0 saturated heterocycles. The Labute approximate surface area is 167 Å². The molecule has 1 amide bonds. The third-order valence-electron chi connectivity index (χ3n) is 5.27. The summed E-state index contributed by atoms with van der Waals surface area (Å²) in [6.07, 6.45) is 0.775. The zero-order chi connectivity index (χ0) is 19.3. The van der Waals surface area contributed by atoms with Gasteiger partial charge in [-0.25, -0.2) is 9.97 Å². The summed E-state index contributed by atoms with van der Waals surface area (Å²) in [4.78, 5) is 26.8. The predicted molar refractivity (Wildman–Crippen MR) is 109 cm³/mol. The molecule has 2 aliphatic rings. The van der Waals surface area contributed by atoms with Crippen molar-refractivity contribution < 1.29 is 9.53 Å². The van der Waals surface area contributed by atoms with Crippen molar-refractivity contribution in [2.45, 2.75) is 18.9 Å². The van der Waals surface area contributed by atoms with Gasteiger partial charge in [0.25, 0.3) is 5.91 Å². The van der Waals surface area contributed by atoms with Crippen molar-refractivity contribution in [2.75, 3.05) is 29.9 Å². The fourth-order valence-corrected chi connectivity index (χ4v) is 4.03. The fourth-order valence-electron chi connectivity index (χ4n) is 3.84. The van der Waals surface area contributed by atoms with E-state index in [4.69, 9.17) is 26.3 Å². The number of carbonyl (C=O) groups is 1. The molecule has 0 saturated carbocycles. The molecule has 3 aromatic rings. The van der Waals surface area contributed by atoms with Crippen LogP contribution in [-0.4, -0.2) is 42.1 Å². The van der Waals surface area contributed by atoms with Crippen LogP contribution in [0.1, 0.15) is 12.0 Å². The normalized spacial score (nSPS) is 18.4. The average molecular weight is 395 g/mol. The van der Waals surface area contributed by atoms with E-state index < -0.39 is 6.10 Å². The highest BCUT2D eigenvalue weighted by atomic mass is 35.5. The predicted octanol–water partition coefficient (Wildman–Crippen LogP) is 3.46. The molecular formula is C21H19ClN4O2. The summed E-state index contributed by atoms with van der Waals surface area (Å²) in [6.45, 7) is 1.39. The summed E-state index contributed by atoms with van der Waals surface area (Å²) >= 11 is 6.08. The molecule has 0 bridgehead atoms. The number of anilines is 2. The number of amides is 1. The molecule has 5 rings (SSSR count). The van der Waals surface area contributed by atoms with E-state index in [0.29, 0.717) is 23.8 Å². The molecule has 0 aliphatic carbocycles. The second kappa shape index (κ2) is 6.63. The van der Waals surface area contributed by atoms with Crippen molar-refractivity contribution in [3.8, 4) is 5.75 Å². The molecule has 7 heteroatoms. The summed E-state index contributed by atoms with van der Waals surface area (Å²) < 4.78 is 5.94. The Kier molecular flexibility index (Phi) is 4.09. The summed E-state index contributed by atoms with van der Waals surface area (Å²) in [7, 11) is 1.99. The third-order valence-corrected chi connectivity index (χ3v) is 5.50. The standard InChI is InChI=1S/C21H19ClN4O2/c1-25-9-4-10-26(20-19(25)23-15-5-2-3-6-16(15)24-20)21(27)18-12-13-11-14(22)7-8-17(13)28-18/h2-3,5-8,11,18H,4,9-10,12H2,1H3. The van der Waals surface area contributed by atoms with Gasteiger partial charge in [-0.15, -0.1) is 0 Å². The Balaban J connectivity index is 1.53. The Morgan fingerprint density at radius 1 is 1.11 bits per heavy atom. The van der Waals surface area contributed by atoms with Crippen LogP contribution < -0.4 is 14.5 Å². The number of fused-ring (bicyclic) bond motifs is 3. The molecule has 0 radical (unpaired) electrons. The highest BCUT2D eigenvalue weighted by molar-refractivity contribution is 6.30. The van der Waals surface area contributed by atoms with Gasteiger partial charge in [0, 0.05) is 31.6 Å². The van der Waals surface area contributed by atoms with E-state index in [9.17, 15) is 4.79 Å². The van der Waals surface area contributed by atoms with Gasteiger partial charge in [-0.3, -0.25) is 9.69 Å². The minimum absolute atomic E-state index is 0.0894. The number of ether oxygens (including phenoxy) is 1. The van der Waals surface area contributed by atoms with Crippen LogP contribution in [0.5, 0.6) is 5.75 Å². The number of halogens is 1. The fraction of sp³-hybridized carbons (Fsp3) is 0.286. The summed E-state index contributed by atoms with van der Waals surface area (Å²) in [5.74, 6) is 1.96. The number of rotatable bonds is 1. The van der Waals surface area contributed by atoms with Gasteiger partial charge < -0.3 is 9.64 Å². The molecule has 2 aliphatic heterocycles. The molecule has 3 heterocycles. The minimum atomic E-state index is -0.571. The van der Waals surface area contributed by atoms with Gasteiger partial charge in [0.1, 0.15) is 5.75 Å². The summed E-state index contributed by atoms with van der Waals surface area (Å²) in [5.41, 5.74) is 2.56. The van der Waals surface area contributed by atoms with Gasteiger partial charge >= 0.3 is 0 Å². The molecule has 1 unspecified atom stereocenters. The first-order chi connectivity index (χ1) is 13.6. The van der Waals surface area contributed by atoms with Crippen LogP contribution in [0.25, 0.3) is 11.0 Å². The van der Waals surface area contributed by atoms with Gasteiger partial charge in [-0.1, -0.05) is 23.7 Å². The van der Waals surface area contributed by atoms with Crippen LogP contribution in [0.4, 0.5) is 11.6 Å². The number of hydrogen-bond acceptors (Lipinski definition) is 5. The van der Waals surface area contributed by atoms with Crippen LogP contribution >= 0.6 is 11.6 Å². The van der Waals surface area contributed by atoms with Crippen molar-refractivity contribution in [3.63, 3.8) is 0 Å². The van der Waals surface area contributed by atoms with Gasteiger partial charge in [-0.2, -0.15) is 0 Å². The van der Waals surface area contributed by atoms with Gasteiger partial charge in [0.2, 0.25) is 0 Å². The maximum absolute atomic E-state index is 13.4. The first kappa shape index (κ1) is 17.3. The monoisotopic (exact) mass is 394 g/mol. The smallest absolute Gasteiger partial charge is 0.269 e. The van der Waals surface area contributed by atoms with Crippen molar-refractivity contribution >= 4 is 40.2 Å². The lowest BCUT2D eigenvalue weighted by atomic mass is 10.1. The lowest BCUT2D eigenvalue weighted by Crippen LogP contribution is -2.42. The molecule has 2 aromatic carbocycles. The molecule has 142 valence electrons. The number of hydrogen-bond donors (Lipinski definition) is 0. The Morgan fingerprint density at radius 2 is 1.86 bits per heavy atom. The highest BCUT2D eigenvalue weighted by Gasteiger charge is 2.36. The summed E-state index contributed by atoms with van der Waals surface area (Å²) in [6, 6.07) is 13.2. The maximum Gasteiger partial charge on any atom is 0.269 e. The molecule has 0 N–H and O–H groups in total. The highest BCUT2D eigenvalue weighted by Crippen LogP contribution is 2.35. The largest absolute Gasteiger partial charge is 0.480 e. The van der Waals surface area contributed by atoms with E-state index in [-0.39, 0.29) is 5.91 Å². The van der Waals surface area contributed by atoms with E-state index in [0.717, 1.165) is 41.1 Å². The molecule has 1 atom stereocenters. The lowest BCUT2D eigenvalue weighted by Gasteiger charge is -2.25. The van der Waals surface area contributed by atoms with E-state index in [1.165, 1.54) is 0 Å². The van der Waals surface area contributed by atoms with Crippen molar-refractivity contribution in [1.82, 2.24) is 9.97 Å². The average Bonchev–Trinajstić information content (AvgIpc) is 3.05. The number of carbonyl (C=O) groups excluding carboxylic acids is 1. The molecule has 28 heavy (non-hydrogen) atoms. The Morgan fingerprint density at radius 3 is 2.64 bits per heavy atom. The van der Waals surface area contributed by atoms with Gasteiger partial charge in [0.05, 0.1) is 11.0 Å². The molecule has 0 fully saturated rings. The van der Waals surface area contributed by atoms with Gasteiger partial charge in [0.15, 0.2) is 17.7 Å². The molecule has 0 spiro atoms. The SMILES string of the molecule is CN1CCCN(C(=O)C2Cc3cc(Cl)ccc3O2)c2nc3ccccc3nc21. The second-order valence-electron chi connectivity index (χ2n) is 7.19. The van der Waals surface area contributed by atoms with E-state index >= 15 is 0 Å². The summed E-state index contributed by atoms with van der Waals surface area (Å²) in [5, 5.41) is 0.648. The van der Waals surface area contributed by atoms with Crippen molar-refractivity contribution in [2.24, 2.45) is 0 Å². The van der Waals surface area contributed by atoms with Gasteiger partial charge in [-0.05, 0) is 42.3 Å². The molecule has 1 aromatic heterocycles. The first-order valence-electron chi connectivity index (χ1n) is 9.34. The zero-order valence-corrected chi connectivity index (χ0v) is 16.2. The first-order valence-corrected chi connectivity index (χ1v) is 9.72. The zero-order valence-electron chi connectivity index (χ0n) is 15.4. The Hall–Kier alpha value is -2.86. The number of nitrogens with zero attached hydrogens (tertiary/aromatic N) is 4. The quantitative estimate of drug-likeness (QED) is 0.632. The topological polar surface area (TPSA) is 58.6 Å².